The second kappa shape index (κ2) is 9.21. The lowest BCUT2D eigenvalue weighted by Crippen LogP contribution is -2.23. The van der Waals surface area contributed by atoms with Crippen LogP contribution in [-0.4, -0.2) is 18.2 Å². The molecule has 10 heteroatoms. The summed E-state index contributed by atoms with van der Waals surface area (Å²) >= 11 is 17.9. The molecule has 5 nitrogen and oxygen atoms in total. The minimum Gasteiger partial charge on any atom is -0.240 e. The van der Waals surface area contributed by atoms with Crippen LogP contribution in [0, 0.1) is 5.82 Å². The maximum Gasteiger partial charge on any atom is 0.240 e. The lowest BCUT2D eigenvalue weighted by atomic mass is 10.1. The molecule has 0 saturated carbocycles. The zero-order chi connectivity index (χ0) is 22.9. The van der Waals surface area contributed by atoms with Crippen molar-refractivity contribution < 1.29 is 12.8 Å². The molecule has 32 heavy (non-hydrogen) atoms. The second-order valence-electron chi connectivity index (χ2n) is 6.82. The van der Waals surface area contributed by atoms with Crippen molar-refractivity contribution in [3.05, 3.63) is 99.4 Å². The average Bonchev–Trinajstić information content (AvgIpc) is 3.21. The van der Waals surface area contributed by atoms with Crippen molar-refractivity contribution in [1.29, 1.82) is 0 Å². The fourth-order valence-electron chi connectivity index (χ4n) is 3.05. The number of hydrogen-bond donors (Lipinski definition) is 1. The zero-order valence-electron chi connectivity index (χ0n) is 16.3. The van der Waals surface area contributed by atoms with E-state index in [0.717, 1.165) is 5.69 Å². The Hall–Kier alpha value is -2.42. The summed E-state index contributed by atoms with van der Waals surface area (Å²) in [4.78, 5) is -0.115. The third-order valence-corrected chi connectivity index (χ3v) is 7.23. The number of sulfonamides is 1. The number of rotatable bonds is 6. The number of aromatic nitrogens is 2. The number of nitrogens with zero attached hydrogens (tertiary/aromatic N) is 2. The van der Waals surface area contributed by atoms with E-state index in [1.807, 2.05) is 30.3 Å². The summed E-state index contributed by atoms with van der Waals surface area (Å²) < 4.78 is 43.3. The van der Waals surface area contributed by atoms with Crippen molar-refractivity contribution in [3.8, 4) is 16.9 Å². The molecule has 0 spiro atoms. The Morgan fingerprint density at radius 3 is 2.19 bits per heavy atom. The Labute approximate surface area is 199 Å². The van der Waals surface area contributed by atoms with E-state index >= 15 is 0 Å². The third kappa shape index (κ3) is 4.82. The molecule has 0 aliphatic heterocycles. The van der Waals surface area contributed by atoms with Crippen LogP contribution in [-0.2, 0) is 16.6 Å². The molecular weight excluding hydrogens is 496 g/mol. The molecule has 0 unspecified atom stereocenters. The van der Waals surface area contributed by atoms with Crippen LogP contribution in [0.2, 0.25) is 15.1 Å². The topological polar surface area (TPSA) is 64.0 Å². The highest BCUT2D eigenvalue weighted by Crippen LogP contribution is 2.33. The quantitative estimate of drug-likeness (QED) is 0.318. The molecule has 3 aromatic carbocycles. The summed E-state index contributed by atoms with van der Waals surface area (Å²) in [6.45, 7) is -0.0697. The first-order valence-electron chi connectivity index (χ1n) is 9.29. The summed E-state index contributed by atoms with van der Waals surface area (Å²) in [5.74, 6) is -0.380. The van der Waals surface area contributed by atoms with Crippen LogP contribution >= 0.6 is 34.8 Å². The van der Waals surface area contributed by atoms with Crippen LogP contribution in [0.1, 0.15) is 5.56 Å². The van der Waals surface area contributed by atoms with Crippen molar-refractivity contribution >= 4 is 44.8 Å². The van der Waals surface area contributed by atoms with Crippen LogP contribution in [0.25, 0.3) is 16.9 Å². The number of nitrogens with one attached hydrogen (secondary N) is 1. The summed E-state index contributed by atoms with van der Waals surface area (Å²) in [6, 6.07) is 17.6. The largest absolute Gasteiger partial charge is 0.240 e. The van der Waals surface area contributed by atoms with Crippen LogP contribution in [0.4, 0.5) is 4.39 Å². The fraction of sp³-hybridized carbons (Fsp3) is 0.0455. The Morgan fingerprint density at radius 1 is 0.938 bits per heavy atom. The molecular formula is C22H15Cl3FN3O2S. The van der Waals surface area contributed by atoms with Gasteiger partial charge in [0.15, 0.2) is 0 Å². The van der Waals surface area contributed by atoms with Gasteiger partial charge in [0.2, 0.25) is 10.0 Å². The van der Waals surface area contributed by atoms with Gasteiger partial charge in [-0.25, -0.2) is 22.2 Å². The van der Waals surface area contributed by atoms with E-state index in [2.05, 4.69) is 9.82 Å². The van der Waals surface area contributed by atoms with E-state index < -0.39 is 10.0 Å². The number of hydrogen-bond acceptors (Lipinski definition) is 3. The number of halogens is 4. The molecule has 4 rings (SSSR count). The molecule has 1 N–H and O–H groups in total. The Kier molecular flexibility index (Phi) is 6.55. The van der Waals surface area contributed by atoms with Crippen LogP contribution in [0.15, 0.2) is 77.8 Å². The zero-order valence-corrected chi connectivity index (χ0v) is 19.4. The molecule has 0 amide bonds. The second-order valence-corrected chi connectivity index (χ2v) is 9.77. The van der Waals surface area contributed by atoms with E-state index in [0.29, 0.717) is 16.8 Å². The van der Waals surface area contributed by atoms with Gasteiger partial charge >= 0.3 is 0 Å². The van der Waals surface area contributed by atoms with Crippen molar-refractivity contribution in [2.24, 2.45) is 0 Å². The summed E-state index contributed by atoms with van der Waals surface area (Å²) in [7, 11) is -3.96. The van der Waals surface area contributed by atoms with Gasteiger partial charge < -0.3 is 0 Å². The summed E-state index contributed by atoms with van der Waals surface area (Å²) in [5.41, 5.74) is 2.55. The van der Waals surface area contributed by atoms with Gasteiger partial charge in [0.1, 0.15) is 5.82 Å². The molecule has 0 bridgehead atoms. The van der Waals surface area contributed by atoms with Gasteiger partial charge in [0.05, 0.1) is 31.3 Å². The van der Waals surface area contributed by atoms with Gasteiger partial charge in [-0.2, -0.15) is 5.10 Å². The van der Waals surface area contributed by atoms with Crippen molar-refractivity contribution in [2.45, 2.75) is 11.4 Å². The molecule has 164 valence electrons. The van der Waals surface area contributed by atoms with E-state index in [4.69, 9.17) is 34.8 Å². The molecule has 4 aromatic rings. The van der Waals surface area contributed by atoms with Crippen LogP contribution in [0.5, 0.6) is 0 Å². The van der Waals surface area contributed by atoms with Crippen LogP contribution < -0.4 is 4.72 Å². The normalized spacial score (nSPS) is 11.6. The molecule has 0 radical (unpaired) electrons. The van der Waals surface area contributed by atoms with Gasteiger partial charge in [-0.15, -0.1) is 0 Å². The molecule has 0 aliphatic carbocycles. The summed E-state index contributed by atoms with van der Waals surface area (Å²) in [6.07, 6.45) is 1.72. The summed E-state index contributed by atoms with van der Waals surface area (Å²) in [5, 5.41) is 4.73. The highest BCUT2D eigenvalue weighted by atomic mass is 35.5. The lowest BCUT2D eigenvalue weighted by molar-refractivity contribution is 0.581. The predicted octanol–water partition coefficient (Wildman–Crippen LogP) is 6.12. The molecule has 0 atom stereocenters. The molecule has 0 saturated heterocycles. The molecule has 0 aliphatic rings. The van der Waals surface area contributed by atoms with Crippen molar-refractivity contribution in [2.75, 3.05) is 0 Å². The first kappa shape index (κ1) is 22.8. The molecule has 1 heterocycles. The molecule has 1 aromatic heterocycles. The predicted molar refractivity (Wildman–Crippen MR) is 124 cm³/mol. The lowest BCUT2D eigenvalue weighted by Gasteiger charge is -2.09. The van der Waals surface area contributed by atoms with Gasteiger partial charge in [0, 0.05) is 23.9 Å². The smallest absolute Gasteiger partial charge is 0.240 e. The highest BCUT2D eigenvalue weighted by Gasteiger charge is 2.20. The van der Waals surface area contributed by atoms with E-state index in [1.54, 1.807) is 23.0 Å². The standard InChI is InChI=1S/C22H15Cl3FN3O2S/c23-19-10-18(11-20(24)21(19)25)32(30,31)27-12-15-13-29(17-4-2-1-3-5-17)28-22(15)14-6-8-16(26)9-7-14/h1-11,13,27H,12H2. The number of para-hydroxylation sites is 1. The molecule has 0 fully saturated rings. The minimum absolute atomic E-state index is 0.0310. The van der Waals surface area contributed by atoms with E-state index in [9.17, 15) is 12.8 Å². The van der Waals surface area contributed by atoms with Crippen LogP contribution in [0.3, 0.4) is 0 Å². The van der Waals surface area contributed by atoms with Gasteiger partial charge in [0.25, 0.3) is 0 Å². The SMILES string of the molecule is O=S(=O)(NCc1cn(-c2ccccc2)nc1-c1ccc(F)cc1)c1cc(Cl)c(Cl)c(Cl)c1. The maximum absolute atomic E-state index is 13.4. The first-order valence-corrected chi connectivity index (χ1v) is 11.9. The van der Waals surface area contributed by atoms with Gasteiger partial charge in [-0.1, -0.05) is 53.0 Å². The van der Waals surface area contributed by atoms with E-state index in [1.165, 1.54) is 24.3 Å². The monoisotopic (exact) mass is 509 g/mol. The third-order valence-electron chi connectivity index (χ3n) is 4.65. The Bertz CT molecular complexity index is 1350. The van der Waals surface area contributed by atoms with Gasteiger partial charge in [-0.3, -0.25) is 0 Å². The maximum atomic E-state index is 13.4. The van der Waals surface area contributed by atoms with E-state index in [-0.39, 0.29) is 32.3 Å². The minimum atomic E-state index is -3.96. The number of benzene rings is 3. The average molecular weight is 511 g/mol. The Morgan fingerprint density at radius 2 is 1.56 bits per heavy atom. The first-order chi connectivity index (χ1) is 15.2. The Balaban J connectivity index is 1.69. The van der Waals surface area contributed by atoms with Crippen molar-refractivity contribution in [1.82, 2.24) is 14.5 Å². The van der Waals surface area contributed by atoms with Crippen molar-refractivity contribution in [3.63, 3.8) is 0 Å². The fourth-order valence-corrected chi connectivity index (χ4v) is 4.83. The van der Waals surface area contributed by atoms with Gasteiger partial charge in [-0.05, 0) is 48.5 Å². The highest BCUT2D eigenvalue weighted by molar-refractivity contribution is 7.89.